The van der Waals surface area contributed by atoms with Gasteiger partial charge < -0.3 is 4.90 Å². The summed E-state index contributed by atoms with van der Waals surface area (Å²) in [6.45, 7) is 0. The number of rotatable bonds is 6. The maximum atomic E-state index is 2.52. The van der Waals surface area contributed by atoms with Gasteiger partial charge in [-0.3, -0.25) is 0 Å². The fourth-order valence-corrected chi connectivity index (χ4v) is 9.62. The molecule has 0 bridgehead atoms. The monoisotopic (exact) mass is 667 g/mol. The number of para-hydroxylation sites is 2. The van der Waals surface area contributed by atoms with Crippen LogP contribution in [-0.2, 0) is 5.41 Å². The van der Waals surface area contributed by atoms with Crippen LogP contribution in [0.1, 0.15) is 22.3 Å². The second-order valence-electron chi connectivity index (χ2n) is 13.2. The third-order valence-electron chi connectivity index (χ3n) is 10.5. The van der Waals surface area contributed by atoms with E-state index < -0.39 is 5.41 Å². The van der Waals surface area contributed by atoms with Crippen molar-refractivity contribution >= 4 is 48.6 Å². The highest BCUT2D eigenvalue weighted by Gasteiger charge is 2.48. The number of thiophene rings is 1. The van der Waals surface area contributed by atoms with Crippen molar-refractivity contribution < 1.29 is 0 Å². The Labute approximate surface area is 302 Å². The molecule has 0 amide bonds. The lowest BCUT2D eigenvalue weighted by Gasteiger charge is -2.35. The Morgan fingerprint density at radius 2 is 0.922 bits per heavy atom. The number of fused-ring (bicyclic) bond motifs is 6. The third kappa shape index (κ3) is 4.54. The lowest BCUT2D eigenvalue weighted by atomic mass is 9.67. The van der Waals surface area contributed by atoms with Gasteiger partial charge in [0.05, 0.1) is 5.41 Å². The fraction of sp³-hybridized carbons (Fsp3) is 0.0204. The minimum absolute atomic E-state index is 0.559. The van der Waals surface area contributed by atoms with Crippen LogP contribution in [0.5, 0.6) is 0 Å². The van der Waals surface area contributed by atoms with Gasteiger partial charge >= 0.3 is 0 Å². The molecule has 0 fully saturated rings. The summed E-state index contributed by atoms with van der Waals surface area (Å²) in [6, 6.07) is 73.4. The zero-order valence-electron chi connectivity index (χ0n) is 27.9. The van der Waals surface area contributed by atoms with Gasteiger partial charge in [0.1, 0.15) is 0 Å². The minimum Gasteiger partial charge on any atom is -0.310 e. The predicted octanol–water partition coefficient (Wildman–Crippen LogP) is 13.6. The van der Waals surface area contributed by atoms with Gasteiger partial charge in [0.15, 0.2) is 0 Å². The first-order valence-corrected chi connectivity index (χ1v) is 18.3. The first-order valence-electron chi connectivity index (χ1n) is 17.5. The summed E-state index contributed by atoms with van der Waals surface area (Å²) in [5.74, 6) is 0. The van der Waals surface area contributed by atoms with Crippen molar-refractivity contribution in [2.45, 2.75) is 5.41 Å². The van der Waals surface area contributed by atoms with Crippen molar-refractivity contribution in [3.63, 3.8) is 0 Å². The van der Waals surface area contributed by atoms with E-state index in [4.69, 9.17) is 0 Å². The molecule has 1 aliphatic rings. The van der Waals surface area contributed by atoms with Crippen molar-refractivity contribution in [1.82, 2.24) is 0 Å². The van der Waals surface area contributed by atoms with Crippen LogP contribution in [0.25, 0.3) is 42.4 Å². The Morgan fingerprint density at radius 3 is 1.53 bits per heavy atom. The second kappa shape index (κ2) is 12.0. The molecule has 240 valence electrons. The van der Waals surface area contributed by atoms with E-state index in [9.17, 15) is 0 Å². The van der Waals surface area contributed by atoms with E-state index in [1.807, 2.05) is 11.3 Å². The maximum Gasteiger partial charge on any atom is 0.0715 e. The lowest BCUT2D eigenvalue weighted by Crippen LogP contribution is -2.28. The molecule has 51 heavy (non-hydrogen) atoms. The van der Waals surface area contributed by atoms with Crippen molar-refractivity contribution in [2.24, 2.45) is 0 Å². The zero-order valence-corrected chi connectivity index (χ0v) is 28.7. The molecular formula is C49H33NS. The Morgan fingerprint density at radius 1 is 0.392 bits per heavy atom. The van der Waals surface area contributed by atoms with Crippen LogP contribution in [0.15, 0.2) is 200 Å². The van der Waals surface area contributed by atoms with Crippen LogP contribution in [0.3, 0.4) is 0 Å². The molecule has 0 spiro atoms. The number of benzene rings is 8. The molecule has 1 heterocycles. The van der Waals surface area contributed by atoms with Crippen molar-refractivity contribution in [3.05, 3.63) is 222 Å². The molecule has 0 atom stereocenters. The molecule has 9 aromatic rings. The Bertz CT molecular complexity index is 2580. The van der Waals surface area contributed by atoms with Crippen LogP contribution in [0, 0.1) is 0 Å². The topological polar surface area (TPSA) is 3.24 Å². The van der Waals surface area contributed by atoms with Gasteiger partial charge in [-0.15, -0.1) is 11.3 Å². The van der Waals surface area contributed by atoms with E-state index in [-0.39, 0.29) is 0 Å². The average molecular weight is 668 g/mol. The third-order valence-corrected chi connectivity index (χ3v) is 11.6. The molecule has 0 radical (unpaired) electrons. The molecule has 1 aromatic heterocycles. The van der Waals surface area contributed by atoms with E-state index >= 15 is 0 Å². The molecule has 10 rings (SSSR count). The fourth-order valence-electron chi connectivity index (χ4n) is 8.47. The zero-order chi connectivity index (χ0) is 33.8. The van der Waals surface area contributed by atoms with E-state index in [0.29, 0.717) is 0 Å². The standard InChI is InChI=1S/C49H33NS/c1-6-18-34(19-7-1)46-47-40-31-30-39(50(37-24-12-4-13-25-37)38-26-14-5-15-27-38)32-42(40)49(35-20-8-2-9-21-35,36-22-10-3-11-23-36)43(47)33-45-48(46)41-28-16-17-29-44(41)51-45/h1-33H. The summed E-state index contributed by atoms with van der Waals surface area (Å²) in [6.07, 6.45) is 0. The van der Waals surface area contributed by atoms with Gasteiger partial charge in [0.2, 0.25) is 0 Å². The van der Waals surface area contributed by atoms with Crippen LogP contribution >= 0.6 is 11.3 Å². The van der Waals surface area contributed by atoms with Gasteiger partial charge in [0, 0.05) is 37.2 Å². The van der Waals surface area contributed by atoms with E-state index in [0.717, 1.165) is 17.1 Å². The highest BCUT2D eigenvalue weighted by Crippen LogP contribution is 2.61. The summed E-state index contributed by atoms with van der Waals surface area (Å²) >= 11 is 1.90. The van der Waals surface area contributed by atoms with Crippen molar-refractivity contribution in [2.75, 3.05) is 4.90 Å². The molecule has 0 saturated heterocycles. The normalized spacial score (nSPS) is 12.9. The Kier molecular flexibility index (Phi) is 6.97. The smallest absolute Gasteiger partial charge is 0.0715 e. The molecule has 8 aromatic carbocycles. The van der Waals surface area contributed by atoms with Gasteiger partial charge in [-0.05, 0) is 93.0 Å². The van der Waals surface area contributed by atoms with E-state index in [2.05, 4.69) is 205 Å². The van der Waals surface area contributed by atoms with Crippen molar-refractivity contribution in [3.8, 4) is 22.3 Å². The summed E-state index contributed by atoms with van der Waals surface area (Å²) in [5, 5.41) is 2.65. The molecule has 0 unspecified atom stereocenters. The van der Waals surface area contributed by atoms with Crippen LogP contribution in [0.4, 0.5) is 17.1 Å². The first-order chi connectivity index (χ1) is 25.3. The summed E-state index contributed by atoms with van der Waals surface area (Å²) in [7, 11) is 0. The number of hydrogen-bond acceptors (Lipinski definition) is 2. The number of nitrogens with zero attached hydrogens (tertiary/aromatic N) is 1. The molecule has 0 aliphatic heterocycles. The van der Waals surface area contributed by atoms with Gasteiger partial charge in [-0.25, -0.2) is 0 Å². The molecule has 1 nitrogen and oxygen atoms in total. The van der Waals surface area contributed by atoms with Crippen LogP contribution in [-0.4, -0.2) is 0 Å². The van der Waals surface area contributed by atoms with E-state index in [1.54, 1.807) is 0 Å². The lowest BCUT2D eigenvalue weighted by molar-refractivity contribution is 0.770. The van der Waals surface area contributed by atoms with Crippen molar-refractivity contribution in [1.29, 1.82) is 0 Å². The molecule has 0 saturated carbocycles. The second-order valence-corrected chi connectivity index (χ2v) is 14.3. The largest absolute Gasteiger partial charge is 0.310 e. The van der Waals surface area contributed by atoms with Gasteiger partial charge in [-0.2, -0.15) is 0 Å². The summed E-state index contributed by atoms with van der Waals surface area (Å²) in [4.78, 5) is 2.38. The number of hydrogen-bond donors (Lipinski definition) is 0. The predicted molar refractivity (Wildman–Crippen MR) is 217 cm³/mol. The number of anilines is 3. The first kappa shape index (κ1) is 29.7. The summed E-state index contributed by atoms with van der Waals surface area (Å²) < 4.78 is 2.63. The SMILES string of the molecule is c1ccc(-c2c3c(cc4sc5ccccc5c24)C(c2ccccc2)(c2ccccc2)c2cc(N(c4ccccc4)c4ccccc4)ccc2-3)cc1. The van der Waals surface area contributed by atoms with Crippen LogP contribution in [0.2, 0.25) is 0 Å². The molecule has 2 heteroatoms. The minimum atomic E-state index is -0.559. The Balaban J connectivity index is 1.38. The highest BCUT2D eigenvalue weighted by atomic mass is 32.1. The highest BCUT2D eigenvalue weighted by molar-refractivity contribution is 7.26. The molecular weight excluding hydrogens is 635 g/mol. The van der Waals surface area contributed by atoms with Crippen LogP contribution < -0.4 is 4.90 Å². The molecule has 1 aliphatic carbocycles. The maximum absolute atomic E-state index is 2.52. The molecule has 0 N–H and O–H groups in total. The van der Waals surface area contributed by atoms with Gasteiger partial charge in [-0.1, -0.05) is 152 Å². The quantitative estimate of drug-likeness (QED) is 0.171. The summed E-state index contributed by atoms with van der Waals surface area (Å²) in [5.41, 5.74) is 13.1. The Hall–Kier alpha value is -6.22. The van der Waals surface area contributed by atoms with Gasteiger partial charge in [0.25, 0.3) is 0 Å². The average Bonchev–Trinajstić information content (AvgIpc) is 3.72. The van der Waals surface area contributed by atoms with E-state index in [1.165, 1.54) is 64.7 Å².